The molecule has 1 atom stereocenters. The molecule has 1 aromatic rings. The Hall–Kier alpha value is -0.550. The lowest BCUT2D eigenvalue weighted by atomic mass is 10.2. The topological polar surface area (TPSA) is 9.23 Å². The van der Waals surface area contributed by atoms with E-state index in [0.29, 0.717) is 0 Å². The van der Waals surface area contributed by atoms with Crippen LogP contribution < -0.4 is 10.0 Å². The molecule has 11 heavy (non-hydrogen) atoms. The van der Waals surface area contributed by atoms with Gasteiger partial charge in [-0.15, -0.1) is 9.24 Å². The lowest BCUT2D eigenvalue weighted by molar-refractivity contribution is 0.340. The smallest absolute Gasteiger partial charge is 0.119 e. The molecule has 1 rings (SSSR count). The van der Waals surface area contributed by atoms with Crippen LogP contribution in [0, 0.1) is 6.92 Å². The molecule has 0 bridgehead atoms. The van der Waals surface area contributed by atoms with E-state index in [9.17, 15) is 0 Å². The fourth-order valence-electron chi connectivity index (χ4n) is 0.905. The quantitative estimate of drug-likeness (QED) is 0.613. The highest BCUT2D eigenvalue weighted by Gasteiger charge is 1.94. The minimum Gasteiger partial charge on any atom is -0.494 e. The lowest BCUT2D eigenvalue weighted by Gasteiger charge is -2.04. The van der Waals surface area contributed by atoms with Crippen LogP contribution in [0.2, 0.25) is 0 Å². The average Bonchev–Trinajstić information content (AvgIpc) is 1.98. The Kier molecular flexibility index (Phi) is 2.90. The molecule has 0 aliphatic rings. The lowest BCUT2D eigenvalue weighted by Crippen LogP contribution is -1.98. The van der Waals surface area contributed by atoms with Gasteiger partial charge in [-0.25, -0.2) is 0 Å². The summed E-state index contributed by atoms with van der Waals surface area (Å²) < 4.78 is 5.33. The number of hydrogen-bond acceptors (Lipinski definition) is 1. The third kappa shape index (κ3) is 2.20. The fraction of sp³-hybridized carbons (Fsp3) is 0.333. The van der Waals surface area contributed by atoms with Gasteiger partial charge >= 0.3 is 0 Å². The van der Waals surface area contributed by atoms with Crippen molar-refractivity contribution in [2.24, 2.45) is 0 Å². The molecule has 0 saturated heterocycles. The van der Waals surface area contributed by atoms with Gasteiger partial charge in [-0.05, 0) is 36.8 Å². The van der Waals surface area contributed by atoms with Gasteiger partial charge in [-0.1, -0.05) is 6.07 Å². The number of rotatable bonds is 2. The summed E-state index contributed by atoms with van der Waals surface area (Å²) in [6.45, 7) is 4.80. The van der Waals surface area contributed by atoms with Crippen molar-refractivity contribution >= 4 is 14.5 Å². The second kappa shape index (κ2) is 3.73. The summed E-state index contributed by atoms with van der Waals surface area (Å²) >= 11 is 0. The average molecular weight is 168 g/mol. The largest absolute Gasteiger partial charge is 0.494 e. The van der Waals surface area contributed by atoms with Crippen molar-refractivity contribution in [1.29, 1.82) is 0 Å². The number of hydrogen-bond donors (Lipinski definition) is 0. The van der Waals surface area contributed by atoms with Crippen LogP contribution in [-0.4, -0.2) is 6.61 Å². The van der Waals surface area contributed by atoms with Gasteiger partial charge in [-0.3, -0.25) is 0 Å². The third-order valence-electron chi connectivity index (χ3n) is 1.55. The minimum atomic E-state index is 0.732. The van der Waals surface area contributed by atoms with Crippen molar-refractivity contribution in [3.05, 3.63) is 23.8 Å². The predicted molar refractivity (Wildman–Crippen MR) is 51.7 cm³/mol. The SMILES string of the molecule is CCOc1ccc(P)c(C)c1. The fourth-order valence-corrected chi connectivity index (χ4v) is 1.08. The van der Waals surface area contributed by atoms with E-state index in [1.54, 1.807) is 0 Å². The molecular formula is C9H13OP. The Bertz CT molecular complexity index is 245. The van der Waals surface area contributed by atoms with E-state index in [4.69, 9.17) is 4.74 Å². The summed E-state index contributed by atoms with van der Waals surface area (Å²) in [6.07, 6.45) is 0. The van der Waals surface area contributed by atoms with Gasteiger partial charge in [0.25, 0.3) is 0 Å². The second-order valence-electron chi connectivity index (χ2n) is 2.45. The molecule has 1 aromatic carbocycles. The van der Waals surface area contributed by atoms with Crippen LogP contribution in [0.5, 0.6) is 5.75 Å². The summed E-state index contributed by atoms with van der Waals surface area (Å²) in [5.74, 6) is 0.955. The molecule has 0 spiro atoms. The first kappa shape index (κ1) is 8.55. The summed E-state index contributed by atoms with van der Waals surface area (Å²) in [6, 6.07) is 6.08. The van der Waals surface area contributed by atoms with Crippen molar-refractivity contribution in [2.75, 3.05) is 6.61 Å². The first-order chi connectivity index (χ1) is 5.24. The number of ether oxygens (including phenoxy) is 1. The molecule has 0 N–H and O–H groups in total. The molecular weight excluding hydrogens is 155 g/mol. The van der Waals surface area contributed by atoms with Crippen LogP contribution >= 0.6 is 9.24 Å². The highest BCUT2D eigenvalue weighted by molar-refractivity contribution is 7.27. The second-order valence-corrected chi connectivity index (χ2v) is 3.07. The Morgan fingerprint density at radius 3 is 2.73 bits per heavy atom. The molecule has 0 radical (unpaired) electrons. The number of benzene rings is 1. The van der Waals surface area contributed by atoms with Crippen LogP contribution in [0.15, 0.2) is 18.2 Å². The van der Waals surface area contributed by atoms with Crippen molar-refractivity contribution in [3.63, 3.8) is 0 Å². The highest BCUT2D eigenvalue weighted by Crippen LogP contribution is 2.12. The normalized spacial score (nSPS) is 9.73. The van der Waals surface area contributed by atoms with Crippen molar-refractivity contribution < 1.29 is 4.74 Å². The third-order valence-corrected chi connectivity index (χ3v) is 2.20. The van der Waals surface area contributed by atoms with Gasteiger partial charge in [0.05, 0.1) is 6.61 Å². The first-order valence-electron chi connectivity index (χ1n) is 3.73. The Balaban J connectivity index is 2.86. The van der Waals surface area contributed by atoms with Crippen LogP contribution in [0.4, 0.5) is 0 Å². The molecule has 1 nitrogen and oxygen atoms in total. The molecule has 1 unspecified atom stereocenters. The van der Waals surface area contributed by atoms with Gasteiger partial charge in [0.15, 0.2) is 0 Å². The Labute approximate surface area is 70.0 Å². The number of aryl methyl sites for hydroxylation is 1. The molecule has 60 valence electrons. The summed E-state index contributed by atoms with van der Waals surface area (Å²) in [5, 5.41) is 1.23. The van der Waals surface area contributed by atoms with E-state index < -0.39 is 0 Å². The molecule has 0 fully saturated rings. The monoisotopic (exact) mass is 168 g/mol. The van der Waals surface area contributed by atoms with E-state index in [0.717, 1.165) is 12.4 Å². The zero-order chi connectivity index (χ0) is 8.27. The first-order valence-corrected chi connectivity index (χ1v) is 4.30. The van der Waals surface area contributed by atoms with Gasteiger partial charge in [0, 0.05) is 0 Å². The molecule has 0 saturated carbocycles. The van der Waals surface area contributed by atoms with Crippen molar-refractivity contribution in [2.45, 2.75) is 13.8 Å². The predicted octanol–water partition coefficient (Wildman–Crippen LogP) is 1.89. The maximum atomic E-state index is 5.33. The zero-order valence-electron chi connectivity index (χ0n) is 6.92. The van der Waals surface area contributed by atoms with Crippen LogP contribution in [0.3, 0.4) is 0 Å². The van der Waals surface area contributed by atoms with Crippen LogP contribution in [-0.2, 0) is 0 Å². The van der Waals surface area contributed by atoms with Crippen LogP contribution in [0.1, 0.15) is 12.5 Å². The molecule has 0 aliphatic carbocycles. The van der Waals surface area contributed by atoms with Gasteiger partial charge in [0.1, 0.15) is 5.75 Å². The maximum Gasteiger partial charge on any atom is 0.119 e. The van der Waals surface area contributed by atoms with Gasteiger partial charge in [-0.2, -0.15) is 0 Å². The highest BCUT2D eigenvalue weighted by atomic mass is 31.0. The van der Waals surface area contributed by atoms with E-state index in [1.807, 2.05) is 25.1 Å². The summed E-state index contributed by atoms with van der Waals surface area (Å²) in [4.78, 5) is 0. The molecule has 2 heteroatoms. The molecule has 0 heterocycles. The summed E-state index contributed by atoms with van der Waals surface area (Å²) in [5.41, 5.74) is 1.25. The van der Waals surface area contributed by atoms with Gasteiger partial charge < -0.3 is 4.74 Å². The van der Waals surface area contributed by atoms with E-state index in [-0.39, 0.29) is 0 Å². The molecule has 0 amide bonds. The van der Waals surface area contributed by atoms with E-state index in [1.165, 1.54) is 10.9 Å². The molecule has 0 aliphatic heterocycles. The van der Waals surface area contributed by atoms with Crippen molar-refractivity contribution in [1.82, 2.24) is 0 Å². The minimum absolute atomic E-state index is 0.732. The standard InChI is InChI=1S/C9H13OP/c1-3-10-8-4-5-9(11)7(2)6-8/h4-6H,3,11H2,1-2H3. The van der Waals surface area contributed by atoms with Crippen molar-refractivity contribution in [3.8, 4) is 5.75 Å². The Morgan fingerprint density at radius 2 is 2.18 bits per heavy atom. The Morgan fingerprint density at radius 1 is 1.45 bits per heavy atom. The maximum absolute atomic E-state index is 5.33. The van der Waals surface area contributed by atoms with E-state index >= 15 is 0 Å². The zero-order valence-corrected chi connectivity index (χ0v) is 8.08. The summed E-state index contributed by atoms with van der Waals surface area (Å²) in [7, 11) is 2.69. The molecule has 0 aromatic heterocycles. The van der Waals surface area contributed by atoms with E-state index in [2.05, 4.69) is 16.2 Å². The van der Waals surface area contributed by atoms with Crippen LogP contribution in [0.25, 0.3) is 0 Å². The van der Waals surface area contributed by atoms with Gasteiger partial charge in [0.2, 0.25) is 0 Å².